The maximum Gasteiger partial charge on any atom is 0.293 e. The van der Waals surface area contributed by atoms with E-state index in [0.29, 0.717) is 17.6 Å². The van der Waals surface area contributed by atoms with Crippen LogP contribution in [0.25, 0.3) is 5.78 Å². The number of likely N-dealkylation sites (tertiary alicyclic amines) is 1. The van der Waals surface area contributed by atoms with E-state index in [9.17, 15) is 4.79 Å². The number of fused-ring (bicyclic) bond motifs is 2. The third-order valence-electron chi connectivity index (χ3n) is 5.12. The Hall–Kier alpha value is -2.02. The minimum Gasteiger partial charge on any atom is -0.336 e. The number of carbonyl (C=O) groups is 1. The van der Waals surface area contributed by atoms with E-state index < -0.39 is 0 Å². The van der Waals surface area contributed by atoms with Crippen molar-refractivity contribution in [1.82, 2.24) is 29.8 Å². The van der Waals surface area contributed by atoms with E-state index >= 15 is 0 Å². The van der Waals surface area contributed by atoms with Crippen LogP contribution in [0.3, 0.4) is 0 Å². The number of hydrogen-bond acceptors (Lipinski definition) is 5. The Balaban J connectivity index is 1.58. The fourth-order valence-corrected chi connectivity index (χ4v) is 3.82. The zero-order valence-corrected chi connectivity index (χ0v) is 13.6. The molecule has 0 bridgehead atoms. The van der Waals surface area contributed by atoms with Gasteiger partial charge in [-0.25, -0.2) is 9.50 Å². The molecular weight excluding hydrogens is 292 g/mol. The van der Waals surface area contributed by atoms with Gasteiger partial charge in [0.1, 0.15) is 0 Å². The standard InChI is InChI=1S/C16H22N6O/c1-10-7-11(2)22-16(18-10)19-14(20-22)15(23)21-5-3-12-8-17-9-13(12)4-6-21/h7,12-13,17H,3-6,8-9H2,1-2H3/t12-,13+. The molecule has 23 heavy (non-hydrogen) atoms. The summed E-state index contributed by atoms with van der Waals surface area (Å²) in [6, 6.07) is 1.94. The van der Waals surface area contributed by atoms with Gasteiger partial charge in [-0.3, -0.25) is 4.79 Å². The van der Waals surface area contributed by atoms with Crippen molar-refractivity contribution >= 4 is 11.7 Å². The van der Waals surface area contributed by atoms with E-state index in [1.807, 2.05) is 24.8 Å². The van der Waals surface area contributed by atoms with Crippen molar-refractivity contribution in [3.05, 3.63) is 23.3 Å². The van der Waals surface area contributed by atoms with Gasteiger partial charge in [0.05, 0.1) is 0 Å². The zero-order valence-electron chi connectivity index (χ0n) is 13.6. The Kier molecular flexibility index (Phi) is 3.52. The molecule has 2 aromatic rings. The minimum atomic E-state index is -0.0690. The number of nitrogens with zero attached hydrogens (tertiary/aromatic N) is 5. The van der Waals surface area contributed by atoms with Gasteiger partial charge in [-0.15, -0.1) is 5.10 Å². The van der Waals surface area contributed by atoms with E-state index in [4.69, 9.17) is 0 Å². The van der Waals surface area contributed by atoms with E-state index in [2.05, 4.69) is 20.4 Å². The normalized spacial score (nSPS) is 24.7. The van der Waals surface area contributed by atoms with Crippen LogP contribution >= 0.6 is 0 Å². The number of amides is 1. The molecular formula is C16H22N6O. The van der Waals surface area contributed by atoms with E-state index in [-0.39, 0.29) is 11.7 Å². The minimum absolute atomic E-state index is 0.0690. The quantitative estimate of drug-likeness (QED) is 0.843. The highest BCUT2D eigenvalue weighted by Crippen LogP contribution is 2.27. The van der Waals surface area contributed by atoms with Gasteiger partial charge in [0.2, 0.25) is 5.82 Å². The first-order valence-corrected chi connectivity index (χ1v) is 8.33. The monoisotopic (exact) mass is 314 g/mol. The fourth-order valence-electron chi connectivity index (χ4n) is 3.82. The van der Waals surface area contributed by atoms with Crippen LogP contribution in [0.4, 0.5) is 0 Å². The Labute approximate surface area is 135 Å². The van der Waals surface area contributed by atoms with Gasteiger partial charge in [-0.1, -0.05) is 0 Å². The Morgan fingerprint density at radius 1 is 1.17 bits per heavy atom. The predicted octanol–water partition coefficient (Wildman–Crippen LogP) is 0.813. The highest BCUT2D eigenvalue weighted by atomic mass is 16.2. The third-order valence-corrected chi connectivity index (χ3v) is 5.12. The van der Waals surface area contributed by atoms with E-state index in [1.54, 1.807) is 4.52 Å². The lowest BCUT2D eigenvalue weighted by atomic mass is 9.92. The molecule has 2 aliphatic heterocycles. The fraction of sp³-hybridized carbons (Fsp3) is 0.625. The van der Waals surface area contributed by atoms with Crippen molar-refractivity contribution in [2.24, 2.45) is 11.8 Å². The molecule has 1 N–H and O–H groups in total. The second-order valence-electron chi connectivity index (χ2n) is 6.73. The summed E-state index contributed by atoms with van der Waals surface area (Å²) in [4.78, 5) is 23.4. The number of aryl methyl sites for hydroxylation is 2. The summed E-state index contributed by atoms with van der Waals surface area (Å²) < 4.78 is 1.65. The van der Waals surface area contributed by atoms with Crippen LogP contribution in [0.1, 0.15) is 34.8 Å². The summed E-state index contributed by atoms with van der Waals surface area (Å²) in [5, 5.41) is 7.83. The van der Waals surface area contributed by atoms with Crippen molar-refractivity contribution in [2.75, 3.05) is 26.2 Å². The summed E-state index contributed by atoms with van der Waals surface area (Å²) >= 11 is 0. The average molecular weight is 314 g/mol. The maximum absolute atomic E-state index is 12.8. The molecule has 0 radical (unpaired) electrons. The number of hydrogen-bond donors (Lipinski definition) is 1. The second-order valence-corrected chi connectivity index (χ2v) is 6.73. The summed E-state index contributed by atoms with van der Waals surface area (Å²) in [5.41, 5.74) is 1.83. The van der Waals surface area contributed by atoms with E-state index in [1.165, 1.54) is 0 Å². The molecule has 122 valence electrons. The predicted molar refractivity (Wildman–Crippen MR) is 85.2 cm³/mol. The molecule has 2 fully saturated rings. The largest absolute Gasteiger partial charge is 0.336 e. The molecule has 2 aromatic heterocycles. The first-order chi connectivity index (χ1) is 11.1. The molecule has 0 saturated carbocycles. The topological polar surface area (TPSA) is 75.4 Å². The zero-order chi connectivity index (χ0) is 16.0. The van der Waals surface area contributed by atoms with Crippen LogP contribution in [-0.4, -0.2) is 56.6 Å². The molecule has 4 heterocycles. The molecule has 4 rings (SSSR count). The van der Waals surface area contributed by atoms with Gasteiger partial charge >= 0.3 is 0 Å². The first-order valence-electron chi connectivity index (χ1n) is 8.33. The van der Waals surface area contributed by atoms with Crippen LogP contribution in [0.5, 0.6) is 0 Å². The first kappa shape index (κ1) is 14.6. The van der Waals surface area contributed by atoms with Gasteiger partial charge < -0.3 is 10.2 Å². The summed E-state index contributed by atoms with van der Waals surface area (Å²) in [7, 11) is 0. The molecule has 7 nitrogen and oxygen atoms in total. The van der Waals surface area contributed by atoms with Crippen molar-refractivity contribution in [3.63, 3.8) is 0 Å². The molecule has 2 saturated heterocycles. The van der Waals surface area contributed by atoms with Crippen molar-refractivity contribution in [3.8, 4) is 0 Å². The SMILES string of the molecule is Cc1cc(C)n2nc(C(=O)N3CC[C@@H]4CNC[C@@H]4CC3)nc2n1. The van der Waals surface area contributed by atoms with Crippen LogP contribution < -0.4 is 5.32 Å². The van der Waals surface area contributed by atoms with Crippen LogP contribution in [0.15, 0.2) is 6.07 Å². The van der Waals surface area contributed by atoms with Gasteiger partial charge in [0, 0.05) is 24.5 Å². The van der Waals surface area contributed by atoms with Crippen molar-refractivity contribution in [1.29, 1.82) is 0 Å². The van der Waals surface area contributed by atoms with Crippen LogP contribution in [-0.2, 0) is 0 Å². The van der Waals surface area contributed by atoms with Gasteiger partial charge in [0.25, 0.3) is 11.7 Å². The van der Waals surface area contributed by atoms with Crippen molar-refractivity contribution in [2.45, 2.75) is 26.7 Å². The second kappa shape index (κ2) is 5.56. The molecule has 7 heteroatoms. The highest BCUT2D eigenvalue weighted by Gasteiger charge is 2.32. The summed E-state index contributed by atoms with van der Waals surface area (Å²) in [5.74, 6) is 2.10. The molecule has 2 atom stereocenters. The van der Waals surface area contributed by atoms with Crippen LogP contribution in [0.2, 0.25) is 0 Å². The lowest BCUT2D eigenvalue weighted by Crippen LogP contribution is -2.33. The van der Waals surface area contributed by atoms with Crippen LogP contribution in [0, 0.1) is 25.7 Å². The molecule has 2 aliphatic rings. The number of carbonyl (C=O) groups excluding carboxylic acids is 1. The molecule has 0 aliphatic carbocycles. The highest BCUT2D eigenvalue weighted by molar-refractivity contribution is 5.90. The number of aromatic nitrogens is 4. The average Bonchev–Trinajstić information content (AvgIpc) is 3.09. The molecule has 0 unspecified atom stereocenters. The number of rotatable bonds is 1. The molecule has 0 spiro atoms. The van der Waals surface area contributed by atoms with Gasteiger partial charge in [-0.2, -0.15) is 4.98 Å². The molecule has 0 aromatic carbocycles. The lowest BCUT2D eigenvalue weighted by molar-refractivity contribution is 0.0746. The van der Waals surface area contributed by atoms with E-state index in [0.717, 1.165) is 50.4 Å². The summed E-state index contributed by atoms with van der Waals surface area (Å²) in [6.45, 7) is 7.63. The Morgan fingerprint density at radius 2 is 1.87 bits per heavy atom. The number of nitrogens with one attached hydrogen (secondary N) is 1. The summed E-state index contributed by atoms with van der Waals surface area (Å²) in [6.07, 6.45) is 2.13. The molecule has 1 amide bonds. The lowest BCUT2D eigenvalue weighted by Gasteiger charge is -2.18. The van der Waals surface area contributed by atoms with Gasteiger partial charge in [0.15, 0.2) is 0 Å². The Morgan fingerprint density at radius 3 is 2.57 bits per heavy atom. The van der Waals surface area contributed by atoms with Gasteiger partial charge in [-0.05, 0) is 57.7 Å². The Bertz CT molecular complexity index is 740. The third kappa shape index (κ3) is 2.59. The smallest absolute Gasteiger partial charge is 0.293 e. The van der Waals surface area contributed by atoms with Crippen molar-refractivity contribution < 1.29 is 4.79 Å². The maximum atomic E-state index is 12.8.